The largest absolute Gasteiger partial charge is 0.299 e. The first kappa shape index (κ1) is 16.0. The van der Waals surface area contributed by atoms with E-state index in [4.69, 9.17) is 0 Å². The van der Waals surface area contributed by atoms with Crippen LogP contribution in [0.1, 0.15) is 60.8 Å². The van der Waals surface area contributed by atoms with Gasteiger partial charge in [-0.25, -0.2) is 0 Å². The Hall–Kier alpha value is -0.410. The number of hydrogen-bond donors (Lipinski definition) is 0. The summed E-state index contributed by atoms with van der Waals surface area (Å²) in [7, 11) is 0. The lowest BCUT2D eigenvalue weighted by Crippen LogP contribution is -2.60. The van der Waals surface area contributed by atoms with E-state index < -0.39 is 0 Å². The second kappa shape index (κ2) is 5.42. The molecule has 0 saturated carbocycles. The van der Waals surface area contributed by atoms with Gasteiger partial charge in [0.15, 0.2) is 0 Å². The van der Waals surface area contributed by atoms with Crippen LogP contribution in [0.25, 0.3) is 0 Å². The molecule has 3 heteroatoms. The molecule has 0 aromatic carbocycles. The number of likely N-dealkylation sites (tertiary alicyclic amines) is 2. The molecule has 0 spiro atoms. The Morgan fingerprint density at radius 2 is 1.65 bits per heavy atom. The van der Waals surface area contributed by atoms with E-state index in [0.717, 1.165) is 38.9 Å². The van der Waals surface area contributed by atoms with Crippen molar-refractivity contribution in [3.8, 4) is 0 Å². The first-order chi connectivity index (χ1) is 9.10. The van der Waals surface area contributed by atoms with Crippen LogP contribution >= 0.6 is 0 Å². The molecule has 20 heavy (non-hydrogen) atoms. The molecule has 3 nitrogen and oxygen atoms in total. The molecule has 0 N–H and O–H groups in total. The minimum Gasteiger partial charge on any atom is -0.299 e. The predicted octanol–water partition coefficient (Wildman–Crippen LogP) is 2.94. The number of piperidine rings is 1. The van der Waals surface area contributed by atoms with E-state index >= 15 is 0 Å². The van der Waals surface area contributed by atoms with Crippen LogP contribution in [0.5, 0.6) is 0 Å². The summed E-state index contributed by atoms with van der Waals surface area (Å²) in [4.78, 5) is 17.5. The SMILES string of the molecule is CC(C)(C)N1CCCC2C(=O)CCN(C(C)(C)C)C2C1. The summed E-state index contributed by atoms with van der Waals surface area (Å²) < 4.78 is 0. The van der Waals surface area contributed by atoms with Gasteiger partial charge in [-0.15, -0.1) is 0 Å². The summed E-state index contributed by atoms with van der Waals surface area (Å²) >= 11 is 0. The molecular weight excluding hydrogens is 248 g/mol. The average Bonchev–Trinajstić information content (AvgIpc) is 2.50. The van der Waals surface area contributed by atoms with Gasteiger partial charge in [-0.05, 0) is 60.9 Å². The van der Waals surface area contributed by atoms with Gasteiger partial charge < -0.3 is 0 Å². The van der Waals surface area contributed by atoms with Crippen molar-refractivity contribution in [2.75, 3.05) is 19.6 Å². The molecule has 2 unspecified atom stereocenters. The van der Waals surface area contributed by atoms with Crippen molar-refractivity contribution in [1.29, 1.82) is 0 Å². The third-order valence-electron chi connectivity index (χ3n) is 5.04. The molecular formula is C17H32N2O. The Balaban J connectivity index is 2.27. The highest BCUT2D eigenvalue weighted by Crippen LogP contribution is 2.34. The van der Waals surface area contributed by atoms with E-state index in [1.165, 1.54) is 0 Å². The van der Waals surface area contributed by atoms with Crippen LogP contribution in [0.3, 0.4) is 0 Å². The van der Waals surface area contributed by atoms with Gasteiger partial charge >= 0.3 is 0 Å². The summed E-state index contributed by atoms with van der Waals surface area (Å²) in [5.74, 6) is 0.765. The number of carbonyl (C=O) groups is 1. The molecule has 2 rings (SSSR count). The molecule has 0 aromatic rings. The second-order valence-corrected chi connectivity index (χ2v) is 8.51. The summed E-state index contributed by atoms with van der Waals surface area (Å²) in [6.07, 6.45) is 2.97. The second-order valence-electron chi connectivity index (χ2n) is 8.51. The van der Waals surface area contributed by atoms with Crippen LogP contribution < -0.4 is 0 Å². The molecule has 0 amide bonds. The van der Waals surface area contributed by atoms with Gasteiger partial charge in [0.05, 0.1) is 0 Å². The minimum atomic E-state index is 0.150. The number of fused-ring (bicyclic) bond motifs is 1. The van der Waals surface area contributed by atoms with Gasteiger partial charge in [-0.2, -0.15) is 0 Å². The van der Waals surface area contributed by atoms with E-state index in [9.17, 15) is 4.79 Å². The quantitative estimate of drug-likeness (QED) is 0.681. The maximum Gasteiger partial charge on any atom is 0.138 e. The van der Waals surface area contributed by atoms with E-state index in [1.807, 2.05) is 0 Å². The number of nitrogens with zero attached hydrogens (tertiary/aromatic N) is 2. The van der Waals surface area contributed by atoms with Gasteiger partial charge in [-0.3, -0.25) is 14.6 Å². The first-order valence-electron chi connectivity index (χ1n) is 8.15. The first-order valence-corrected chi connectivity index (χ1v) is 8.15. The van der Waals surface area contributed by atoms with Crippen LogP contribution in [0.2, 0.25) is 0 Å². The lowest BCUT2D eigenvalue weighted by Gasteiger charge is -2.49. The third-order valence-corrected chi connectivity index (χ3v) is 5.04. The van der Waals surface area contributed by atoms with Crippen LogP contribution in [0.4, 0.5) is 0 Å². The molecule has 0 bridgehead atoms. The van der Waals surface area contributed by atoms with Crippen molar-refractivity contribution in [2.24, 2.45) is 5.92 Å². The van der Waals surface area contributed by atoms with Gasteiger partial charge in [-0.1, -0.05) is 0 Å². The third kappa shape index (κ3) is 3.25. The Bertz CT molecular complexity index is 364. The Kier molecular flexibility index (Phi) is 4.32. The molecule has 0 radical (unpaired) electrons. The van der Waals surface area contributed by atoms with Crippen LogP contribution in [-0.2, 0) is 4.79 Å². The summed E-state index contributed by atoms with van der Waals surface area (Å²) in [5.41, 5.74) is 0.344. The van der Waals surface area contributed by atoms with Gasteiger partial charge in [0.1, 0.15) is 5.78 Å². The number of Topliss-reactive ketones (excluding diaryl/α,β-unsaturated/α-hetero) is 1. The zero-order valence-corrected chi connectivity index (χ0v) is 14.2. The fourth-order valence-electron chi connectivity index (χ4n) is 3.85. The van der Waals surface area contributed by atoms with Gasteiger partial charge in [0.25, 0.3) is 0 Å². The van der Waals surface area contributed by atoms with E-state index in [0.29, 0.717) is 11.8 Å². The number of hydrogen-bond acceptors (Lipinski definition) is 3. The molecule has 2 saturated heterocycles. The molecule has 116 valence electrons. The summed E-state index contributed by atoms with van der Waals surface area (Å²) in [6, 6.07) is 0.401. The van der Waals surface area contributed by atoms with Crippen molar-refractivity contribution in [2.45, 2.75) is 77.9 Å². The Morgan fingerprint density at radius 1 is 1.00 bits per heavy atom. The van der Waals surface area contributed by atoms with Crippen LogP contribution in [-0.4, -0.2) is 52.3 Å². The highest BCUT2D eigenvalue weighted by atomic mass is 16.1. The highest BCUT2D eigenvalue weighted by molar-refractivity contribution is 5.82. The van der Waals surface area contributed by atoms with E-state index in [-0.39, 0.29) is 17.0 Å². The average molecular weight is 280 g/mol. The zero-order chi connectivity index (χ0) is 15.1. The monoisotopic (exact) mass is 280 g/mol. The fourth-order valence-corrected chi connectivity index (χ4v) is 3.85. The fraction of sp³-hybridized carbons (Fsp3) is 0.941. The van der Waals surface area contributed by atoms with E-state index in [2.05, 4.69) is 51.3 Å². The maximum absolute atomic E-state index is 12.4. The summed E-state index contributed by atoms with van der Waals surface area (Å²) in [6.45, 7) is 16.8. The molecule has 0 aliphatic carbocycles. The van der Waals surface area contributed by atoms with Crippen molar-refractivity contribution in [1.82, 2.24) is 9.80 Å². The van der Waals surface area contributed by atoms with Crippen LogP contribution in [0.15, 0.2) is 0 Å². The topological polar surface area (TPSA) is 23.6 Å². The number of rotatable bonds is 0. The van der Waals surface area contributed by atoms with Crippen molar-refractivity contribution in [3.63, 3.8) is 0 Å². The van der Waals surface area contributed by atoms with Crippen molar-refractivity contribution in [3.05, 3.63) is 0 Å². The lowest BCUT2D eigenvalue weighted by atomic mass is 9.82. The van der Waals surface area contributed by atoms with Crippen molar-refractivity contribution >= 4 is 5.78 Å². The molecule has 2 fully saturated rings. The Labute approximate surface area is 124 Å². The predicted molar refractivity (Wildman–Crippen MR) is 83.9 cm³/mol. The molecule has 2 heterocycles. The zero-order valence-electron chi connectivity index (χ0n) is 14.2. The highest BCUT2D eigenvalue weighted by Gasteiger charge is 2.44. The Morgan fingerprint density at radius 3 is 2.20 bits per heavy atom. The molecule has 2 atom stereocenters. The number of carbonyl (C=O) groups excluding carboxylic acids is 1. The molecule has 2 aliphatic heterocycles. The van der Waals surface area contributed by atoms with Gasteiger partial charge in [0.2, 0.25) is 0 Å². The van der Waals surface area contributed by atoms with Crippen molar-refractivity contribution < 1.29 is 4.79 Å². The normalized spacial score (nSPS) is 31.0. The smallest absolute Gasteiger partial charge is 0.138 e. The van der Waals surface area contributed by atoms with Crippen LogP contribution in [0, 0.1) is 5.92 Å². The lowest BCUT2D eigenvalue weighted by molar-refractivity contribution is -0.132. The summed E-state index contributed by atoms with van der Waals surface area (Å²) in [5, 5.41) is 0. The molecule has 0 aromatic heterocycles. The standard InChI is InChI=1S/C17H32N2O/c1-16(2,3)18-10-7-8-13-14(12-18)19(17(4,5)6)11-9-15(13)20/h13-14H,7-12H2,1-6H3. The van der Waals surface area contributed by atoms with Gasteiger partial charge in [0, 0.05) is 42.5 Å². The number of ketones is 1. The van der Waals surface area contributed by atoms with E-state index in [1.54, 1.807) is 0 Å². The maximum atomic E-state index is 12.4. The molecule has 2 aliphatic rings. The minimum absolute atomic E-state index is 0.150.